The number of hydrogen-bond acceptors (Lipinski definition) is 3. The van der Waals surface area contributed by atoms with E-state index >= 15 is 0 Å². The molecule has 1 amide bonds. The van der Waals surface area contributed by atoms with Crippen LogP contribution in [0.15, 0.2) is 0 Å². The molecule has 0 aliphatic carbocycles. The van der Waals surface area contributed by atoms with Gasteiger partial charge in [0.25, 0.3) is 0 Å². The van der Waals surface area contributed by atoms with Crippen LogP contribution in [0.3, 0.4) is 0 Å². The molecular weight excluding hydrogens is 228 g/mol. The van der Waals surface area contributed by atoms with E-state index < -0.39 is 0 Å². The minimum absolute atomic E-state index is 0.141. The van der Waals surface area contributed by atoms with Crippen molar-refractivity contribution in [3.05, 3.63) is 0 Å². The largest absolute Gasteiger partial charge is 0.393 e. The number of nitrogens with one attached hydrogen (secondary N) is 2. The van der Waals surface area contributed by atoms with Gasteiger partial charge in [0.15, 0.2) is 0 Å². The predicted molar refractivity (Wildman–Crippen MR) is 73.3 cm³/mol. The molecule has 106 valence electrons. The lowest BCUT2D eigenvalue weighted by Gasteiger charge is -2.36. The first-order chi connectivity index (χ1) is 8.44. The van der Waals surface area contributed by atoms with Gasteiger partial charge in [0.2, 0.25) is 5.91 Å². The highest BCUT2D eigenvalue weighted by Gasteiger charge is 2.36. The van der Waals surface area contributed by atoms with Gasteiger partial charge < -0.3 is 15.7 Å². The molecule has 0 spiro atoms. The molecule has 1 fully saturated rings. The third-order valence-electron chi connectivity index (χ3n) is 3.99. The van der Waals surface area contributed by atoms with E-state index in [0.29, 0.717) is 12.5 Å². The van der Waals surface area contributed by atoms with Crippen LogP contribution in [0.25, 0.3) is 0 Å². The second kappa shape index (κ2) is 7.10. The van der Waals surface area contributed by atoms with Gasteiger partial charge in [-0.3, -0.25) is 4.79 Å². The highest BCUT2D eigenvalue weighted by Crippen LogP contribution is 2.31. The molecule has 0 aromatic rings. The van der Waals surface area contributed by atoms with Crippen molar-refractivity contribution < 1.29 is 9.90 Å². The van der Waals surface area contributed by atoms with Gasteiger partial charge in [-0.2, -0.15) is 0 Å². The predicted octanol–water partition coefficient (Wildman–Crippen LogP) is 1.29. The van der Waals surface area contributed by atoms with Crippen LogP contribution in [0.4, 0.5) is 0 Å². The highest BCUT2D eigenvalue weighted by molar-refractivity contribution is 5.82. The Morgan fingerprint density at radius 1 is 1.56 bits per heavy atom. The van der Waals surface area contributed by atoms with Crippen molar-refractivity contribution >= 4 is 5.91 Å². The minimum atomic E-state index is -0.307. The number of rotatable bonds is 6. The van der Waals surface area contributed by atoms with Crippen molar-refractivity contribution in [1.82, 2.24) is 10.6 Å². The Bertz CT molecular complexity index is 259. The molecule has 0 bridgehead atoms. The van der Waals surface area contributed by atoms with Crippen molar-refractivity contribution in [2.45, 2.75) is 52.6 Å². The zero-order valence-electron chi connectivity index (χ0n) is 12.0. The Balaban J connectivity index is 2.33. The van der Waals surface area contributed by atoms with Gasteiger partial charge in [0.1, 0.15) is 0 Å². The van der Waals surface area contributed by atoms with Crippen LogP contribution < -0.4 is 10.6 Å². The summed E-state index contributed by atoms with van der Waals surface area (Å²) in [5, 5.41) is 15.5. The first-order valence-corrected chi connectivity index (χ1v) is 7.11. The Hall–Kier alpha value is -0.610. The zero-order chi connectivity index (χ0) is 13.6. The molecule has 18 heavy (non-hydrogen) atoms. The molecule has 3 N–H and O–H groups in total. The highest BCUT2D eigenvalue weighted by atomic mass is 16.3. The van der Waals surface area contributed by atoms with E-state index in [2.05, 4.69) is 10.6 Å². The Morgan fingerprint density at radius 2 is 2.28 bits per heavy atom. The molecule has 0 aromatic carbocycles. The van der Waals surface area contributed by atoms with Gasteiger partial charge in [0, 0.05) is 12.0 Å². The van der Waals surface area contributed by atoms with Crippen molar-refractivity contribution in [2.75, 3.05) is 19.6 Å². The number of carbonyl (C=O) groups is 1. The van der Waals surface area contributed by atoms with E-state index in [4.69, 9.17) is 5.11 Å². The summed E-state index contributed by atoms with van der Waals surface area (Å²) in [6.45, 7) is 8.52. The number of piperidine rings is 1. The number of aliphatic hydroxyl groups excluding tert-OH is 1. The Morgan fingerprint density at radius 3 is 2.83 bits per heavy atom. The van der Waals surface area contributed by atoms with E-state index in [1.54, 1.807) is 6.92 Å². The van der Waals surface area contributed by atoms with Gasteiger partial charge in [-0.1, -0.05) is 13.8 Å². The van der Waals surface area contributed by atoms with Crippen LogP contribution in [0.1, 0.15) is 46.5 Å². The average Bonchev–Trinajstić information content (AvgIpc) is 2.35. The van der Waals surface area contributed by atoms with Gasteiger partial charge in [0.05, 0.1) is 6.10 Å². The molecule has 1 heterocycles. The smallest absolute Gasteiger partial charge is 0.225 e. The van der Waals surface area contributed by atoms with Crippen molar-refractivity contribution in [2.24, 2.45) is 11.3 Å². The maximum absolute atomic E-state index is 12.2. The van der Waals surface area contributed by atoms with Crippen molar-refractivity contribution in [3.63, 3.8) is 0 Å². The molecule has 4 nitrogen and oxygen atoms in total. The summed E-state index contributed by atoms with van der Waals surface area (Å²) >= 11 is 0. The molecule has 4 heteroatoms. The number of amides is 1. The maximum Gasteiger partial charge on any atom is 0.225 e. The first kappa shape index (κ1) is 15.4. The van der Waals surface area contributed by atoms with Crippen LogP contribution >= 0.6 is 0 Å². The summed E-state index contributed by atoms with van der Waals surface area (Å²) in [6, 6.07) is 0. The number of hydrogen-bond donors (Lipinski definition) is 3. The van der Waals surface area contributed by atoms with Gasteiger partial charge in [-0.05, 0) is 51.6 Å². The Kier molecular flexibility index (Phi) is 6.09. The van der Waals surface area contributed by atoms with Gasteiger partial charge >= 0.3 is 0 Å². The van der Waals surface area contributed by atoms with Crippen LogP contribution in [0, 0.1) is 11.3 Å². The lowest BCUT2D eigenvalue weighted by molar-refractivity contribution is -0.132. The second-order valence-electron chi connectivity index (χ2n) is 6.01. The van der Waals surface area contributed by atoms with Crippen LogP contribution in [0.2, 0.25) is 0 Å². The van der Waals surface area contributed by atoms with E-state index in [-0.39, 0.29) is 17.4 Å². The third kappa shape index (κ3) is 4.58. The van der Waals surface area contributed by atoms with E-state index in [9.17, 15) is 4.79 Å². The fourth-order valence-corrected chi connectivity index (χ4v) is 2.48. The summed E-state index contributed by atoms with van der Waals surface area (Å²) in [4.78, 5) is 12.2. The van der Waals surface area contributed by atoms with Crippen LogP contribution in [0.5, 0.6) is 0 Å². The van der Waals surface area contributed by atoms with E-state index in [1.807, 2.05) is 13.8 Å². The fourth-order valence-electron chi connectivity index (χ4n) is 2.48. The maximum atomic E-state index is 12.2. The Labute approximate surface area is 111 Å². The van der Waals surface area contributed by atoms with Crippen LogP contribution in [-0.2, 0) is 4.79 Å². The summed E-state index contributed by atoms with van der Waals surface area (Å²) in [5.74, 6) is 0.560. The summed E-state index contributed by atoms with van der Waals surface area (Å²) < 4.78 is 0. The molecule has 1 aliphatic rings. The molecule has 1 saturated heterocycles. The molecule has 0 radical (unpaired) electrons. The molecule has 1 aliphatic heterocycles. The minimum Gasteiger partial charge on any atom is -0.393 e. The monoisotopic (exact) mass is 256 g/mol. The summed E-state index contributed by atoms with van der Waals surface area (Å²) in [5.41, 5.74) is -0.307. The van der Waals surface area contributed by atoms with Gasteiger partial charge in [-0.15, -0.1) is 0 Å². The normalized spacial score (nSPS) is 22.6. The quantitative estimate of drug-likeness (QED) is 0.628. The molecule has 1 rings (SSSR count). The molecule has 2 atom stereocenters. The molecule has 2 unspecified atom stereocenters. The summed E-state index contributed by atoms with van der Waals surface area (Å²) in [7, 11) is 0. The van der Waals surface area contributed by atoms with Crippen LogP contribution in [-0.4, -0.2) is 36.8 Å². The summed E-state index contributed by atoms with van der Waals surface area (Å²) in [6.07, 6.45) is 3.58. The van der Waals surface area contributed by atoms with E-state index in [0.717, 1.165) is 38.8 Å². The standard InChI is InChI=1S/C14H28N2O2/c1-11(17)6-4-9-16-13(18)14(2,3)12-7-5-8-15-10-12/h11-12,15,17H,4-10H2,1-3H3,(H,16,18). The fraction of sp³-hybridized carbons (Fsp3) is 0.929. The van der Waals surface area contributed by atoms with Crippen molar-refractivity contribution in [3.8, 4) is 0 Å². The first-order valence-electron chi connectivity index (χ1n) is 7.11. The lowest BCUT2D eigenvalue weighted by Crippen LogP contribution is -2.47. The van der Waals surface area contributed by atoms with Gasteiger partial charge in [-0.25, -0.2) is 0 Å². The topological polar surface area (TPSA) is 61.4 Å². The number of carbonyl (C=O) groups excluding carboxylic acids is 1. The molecule has 0 aromatic heterocycles. The SMILES string of the molecule is CC(O)CCCNC(=O)C(C)(C)C1CCCNC1. The average molecular weight is 256 g/mol. The zero-order valence-corrected chi connectivity index (χ0v) is 12.0. The molecule has 0 saturated carbocycles. The third-order valence-corrected chi connectivity index (χ3v) is 3.99. The van der Waals surface area contributed by atoms with E-state index in [1.165, 1.54) is 0 Å². The lowest BCUT2D eigenvalue weighted by atomic mass is 9.74. The van der Waals surface area contributed by atoms with Crippen molar-refractivity contribution in [1.29, 1.82) is 0 Å². The molecular formula is C14H28N2O2. The number of aliphatic hydroxyl groups is 1. The second-order valence-corrected chi connectivity index (χ2v) is 6.01.